The van der Waals surface area contributed by atoms with Crippen molar-refractivity contribution in [2.24, 2.45) is 4.99 Å². The summed E-state index contributed by atoms with van der Waals surface area (Å²) in [6.07, 6.45) is 1.49. The molecule has 1 aromatic heterocycles. The van der Waals surface area contributed by atoms with Crippen molar-refractivity contribution >= 4 is 46.0 Å². The first-order valence-electron chi connectivity index (χ1n) is 14.2. The predicted octanol–water partition coefficient (Wildman–Crippen LogP) is 5.78. The van der Waals surface area contributed by atoms with Crippen molar-refractivity contribution in [2.75, 3.05) is 13.7 Å². The van der Waals surface area contributed by atoms with E-state index in [1.807, 2.05) is 79.7 Å². The van der Waals surface area contributed by atoms with Crippen LogP contribution in [0.2, 0.25) is 0 Å². The van der Waals surface area contributed by atoms with Crippen molar-refractivity contribution in [3.63, 3.8) is 0 Å². The highest BCUT2D eigenvalue weighted by atomic mass is 127. The molecule has 44 heavy (non-hydrogen) atoms. The van der Waals surface area contributed by atoms with E-state index in [1.54, 1.807) is 32.4 Å². The summed E-state index contributed by atoms with van der Waals surface area (Å²) in [5, 5.41) is 0. The van der Waals surface area contributed by atoms with Crippen LogP contribution in [0.3, 0.4) is 0 Å². The van der Waals surface area contributed by atoms with E-state index in [2.05, 4.69) is 27.6 Å². The Kier molecular flexibility index (Phi) is 9.90. The molecule has 0 amide bonds. The highest BCUT2D eigenvalue weighted by Gasteiger charge is 2.33. The summed E-state index contributed by atoms with van der Waals surface area (Å²) in [7, 11) is 1.59. The third kappa shape index (κ3) is 6.76. The second-order valence-corrected chi connectivity index (χ2v) is 12.5. The number of nitrogens with zero attached hydrogens (tertiary/aromatic N) is 2. The number of rotatable bonds is 10. The molecule has 228 valence electrons. The first kappa shape index (κ1) is 31.5. The van der Waals surface area contributed by atoms with Crippen LogP contribution in [0.15, 0.2) is 87.8 Å². The maximum Gasteiger partial charge on any atom is 0.338 e. The highest BCUT2D eigenvalue weighted by Crippen LogP contribution is 2.35. The van der Waals surface area contributed by atoms with E-state index in [0.29, 0.717) is 51.1 Å². The van der Waals surface area contributed by atoms with Crippen LogP contribution in [0.25, 0.3) is 6.08 Å². The number of benzene rings is 3. The molecule has 0 radical (unpaired) electrons. The number of aromatic nitrogens is 1. The average molecular weight is 725 g/mol. The molecule has 0 N–H and O–H groups in total. The zero-order chi connectivity index (χ0) is 31.4. The fourth-order valence-corrected chi connectivity index (χ4v) is 6.76. The number of methoxy groups -OCH3 is 1. The molecule has 1 aliphatic rings. The van der Waals surface area contributed by atoms with Crippen molar-refractivity contribution in [2.45, 2.75) is 46.4 Å². The van der Waals surface area contributed by atoms with Crippen molar-refractivity contribution in [3.05, 3.63) is 118 Å². The summed E-state index contributed by atoms with van der Waals surface area (Å²) in [4.78, 5) is 32.6. The van der Waals surface area contributed by atoms with Crippen LogP contribution >= 0.6 is 33.9 Å². The molecule has 2 heterocycles. The Morgan fingerprint density at radius 1 is 1.09 bits per heavy atom. The van der Waals surface area contributed by atoms with E-state index in [-0.39, 0.29) is 11.7 Å². The van der Waals surface area contributed by atoms with Gasteiger partial charge >= 0.3 is 5.97 Å². The number of thiazole rings is 1. The number of carbonyl (C=O) groups is 1. The number of halogens is 1. The van der Waals surface area contributed by atoms with Gasteiger partial charge in [-0.2, -0.15) is 0 Å². The van der Waals surface area contributed by atoms with Gasteiger partial charge in [-0.3, -0.25) is 9.36 Å². The van der Waals surface area contributed by atoms with Crippen LogP contribution in [0.5, 0.6) is 17.2 Å². The standard InChI is InChI=1S/C34H33IN2O6S/c1-6-41-25-14-12-24(13-15-25)30-29(33(39)43-20(2)3)21(4)36-34-37(30)32(38)28(44-34)18-23-16-26(35)31(27(17-23)40-5)42-19-22-10-8-7-9-11-22/h7-18,20,30H,6,19H2,1-5H3/b28-18+/t30-/m1/s1. The van der Waals surface area contributed by atoms with Crippen LogP contribution < -0.4 is 29.1 Å². The lowest BCUT2D eigenvalue weighted by Crippen LogP contribution is -2.40. The molecule has 0 aliphatic carbocycles. The largest absolute Gasteiger partial charge is 0.494 e. The average Bonchev–Trinajstić information content (AvgIpc) is 3.30. The molecular weight excluding hydrogens is 691 g/mol. The summed E-state index contributed by atoms with van der Waals surface area (Å²) >= 11 is 3.49. The molecule has 4 aromatic rings. The predicted molar refractivity (Wildman–Crippen MR) is 179 cm³/mol. The van der Waals surface area contributed by atoms with Crippen LogP contribution in [-0.4, -0.2) is 30.4 Å². The van der Waals surface area contributed by atoms with Crippen molar-refractivity contribution in [1.29, 1.82) is 0 Å². The second kappa shape index (κ2) is 13.8. The highest BCUT2D eigenvalue weighted by molar-refractivity contribution is 14.1. The fourth-order valence-electron chi connectivity index (χ4n) is 4.93. The molecule has 10 heteroatoms. The quantitative estimate of drug-likeness (QED) is 0.152. The molecule has 8 nitrogen and oxygen atoms in total. The van der Waals surface area contributed by atoms with Crippen LogP contribution in [-0.2, 0) is 16.1 Å². The molecule has 1 atom stereocenters. The number of carbonyl (C=O) groups excluding carboxylic acids is 1. The van der Waals surface area contributed by atoms with E-state index in [9.17, 15) is 9.59 Å². The third-order valence-corrected chi connectivity index (χ3v) is 8.65. The first-order chi connectivity index (χ1) is 21.2. The Morgan fingerprint density at radius 2 is 1.82 bits per heavy atom. The Morgan fingerprint density at radius 3 is 2.48 bits per heavy atom. The van der Waals surface area contributed by atoms with Crippen molar-refractivity contribution < 1.29 is 23.7 Å². The molecule has 0 saturated heterocycles. The maximum absolute atomic E-state index is 14.1. The zero-order valence-corrected chi connectivity index (χ0v) is 28.1. The molecule has 1 aliphatic heterocycles. The van der Waals surface area contributed by atoms with Gasteiger partial charge in [0.25, 0.3) is 5.56 Å². The lowest BCUT2D eigenvalue weighted by atomic mass is 9.96. The fraction of sp³-hybridized carbons (Fsp3) is 0.265. The molecule has 0 saturated carbocycles. The monoisotopic (exact) mass is 724 g/mol. The molecule has 0 spiro atoms. The number of hydrogen-bond donors (Lipinski definition) is 0. The first-order valence-corrected chi connectivity index (χ1v) is 16.1. The van der Waals surface area contributed by atoms with Crippen molar-refractivity contribution in [3.8, 4) is 17.2 Å². The number of hydrogen-bond acceptors (Lipinski definition) is 8. The summed E-state index contributed by atoms with van der Waals surface area (Å²) in [5.74, 6) is 1.40. The molecular formula is C34H33IN2O6S. The Hall–Kier alpha value is -3.90. The minimum absolute atomic E-state index is 0.256. The number of allylic oxidation sites excluding steroid dienone is 1. The Labute approximate surface area is 273 Å². The van der Waals surface area contributed by atoms with Gasteiger partial charge in [-0.25, -0.2) is 9.79 Å². The second-order valence-electron chi connectivity index (χ2n) is 10.3. The lowest BCUT2D eigenvalue weighted by molar-refractivity contribution is -0.143. The molecule has 0 unspecified atom stereocenters. The van der Waals surface area contributed by atoms with E-state index < -0.39 is 12.0 Å². The van der Waals surface area contributed by atoms with E-state index in [4.69, 9.17) is 18.9 Å². The van der Waals surface area contributed by atoms with Gasteiger partial charge in [-0.05, 0) is 97.3 Å². The van der Waals surface area contributed by atoms with Gasteiger partial charge in [0.1, 0.15) is 12.4 Å². The van der Waals surface area contributed by atoms with Gasteiger partial charge in [-0.15, -0.1) is 0 Å². The molecule has 5 rings (SSSR count). The maximum atomic E-state index is 14.1. The van der Waals surface area contributed by atoms with Crippen LogP contribution in [0, 0.1) is 3.57 Å². The Bertz CT molecular complexity index is 1880. The van der Waals surface area contributed by atoms with E-state index in [0.717, 1.165) is 20.3 Å². The third-order valence-electron chi connectivity index (χ3n) is 6.87. The molecule has 3 aromatic carbocycles. The van der Waals surface area contributed by atoms with Gasteiger partial charge in [0.15, 0.2) is 16.3 Å². The lowest BCUT2D eigenvalue weighted by Gasteiger charge is -2.25. The number of fused-ring (bicyclic) bond motifs is 1. The molecule has 0 fully saturated rings. The summed E-state index contributed by atoms with van der Waals surface area (Å²) in [6, 6.07) is 20.4. The normalized spacial score (nSPS) is 14.7. The Balaban J connectivity index is 1.58. The van der Waals surface area contributed by atoms with E-state index in [1.165, 1.54) is 11.3 Å². The van der Waals surface area contributed by atoms with E-state index >= 15 is 0 Å². The van der Waals surface area contributed by atoms with Gasteiger partial charge < -0.3 is 18.9 Å². The summed E-state index contributed by atoms with van der Waals surface area (Å²) in [5.41, 5.74) is 3.16. The van der Waals surface area contributed by atoms with Gasteiger partial charge in [-0.1, -0.05) is 53.8 Å². The van der Waals surface area contributed by atoms with Gasteiger partial charge in [0.2, 0.25) is 0 Å². The number of ether oxygens (including phenoxy) is 4. The minimum atomic E-state index is -0.709. The minimum Gasteiger partial charge on any atom is -0.494 e. The van der Waals surface area contributed by atoms with Crippen molar-refractivity contribution in [1.82, 2.24) is 4.57 Å². The summed E-state index contributed by atoms with van der Waals surface area (Å²) in [6.45, 7) is 8.21. The SMILES string of the molecule is CCOc1ccc([C@@H]2C(C(=O)OC(C)C)=C(C)N=c3s/c(=C/c4cc(I)c(OCc5ccccc5)c(OC)c4)c(=O)n32)cc1. The zero-order valence-electron chi connectivity index (χ0n) is 25.1. The smallest absolute Gasteiger partial charge is 0.338 e. The van der Waals surface area contributed by atoms with Gasteiger partial charge in [0.05, 0.1) is 45.2 Å². The topological polar surface area (TPSA) is 88.4 Å². The van der Waals surface area contributed by atoms with Crippen LogP contribution in [0.1, 0.15) is 50.4 Å². The van der Waals surface area contributed by atoms with Crippen LogP contribution in [0.4, 0.5) is 0 Å². The number of esters is 1. The molecule has 0 bridgehead atoms. The van der Waals surface area contributed by atoms with Gasteiger partial charge in [0, 0.05) is 0 Å². The summed E-state index contributed by atoms with van der Waals surface area (Å²) < 4.78 is 25.9.